The largest absolute Gasteiger partial charge is 0.376 e. The minimum absolute atomic E-state index is 0.900. The van der Waals surface area contributed by atoms with Crippen molar-refractivity contribution in [2.24, 2.45) is 0 Å². The average molecular weight is 539 g/mol. The molecule has 0 fully saturated rings. The van der Waals surface area contributed by atoms with Crippen molar-refractivity contribution in [2.75, 3.05) is 0 Å². The fraction of sp³-hybridized carbons (Fsp3) is 0.0286. The van der Waals surface area contributed by atoms with Gasteiger partial charge in [-0.25, -0.2) is 0 Å². The van der Waals surface area contributed by atoms with E-state index >= 15 is 0 Å². The second-order valence-electron chi connectivity index (χ2n) is 9.60. The molecule has 1 aliphatic carbocycles. The smallest absolute Gasteiger partial charge is 0.142 e. The summed E-state index contributed by atoms with van der Waals surface area (Å²) in [5, 5.41) is 14.9. The number of benzene rings is 6. The fourth-order valence-electron chi connectivity index (χ4n) is 5.88. The van der Waals surface area contributed by atoms with Crippen LogP contribution in [0.15, 0.2) is 138 Å². The van der Waals surface area contributed by atoms with Crippen LogP contribution in [-0.4, -0.2) is 5.11 Å². The van der Waals surface area contributed by atoms with Gasteiger partial charge in [-0.05, 0) is 56.3 Å². The van der Waals surface area contributed by atoms with E-state index in [0.29, 0.717) is 0 Å². The SMILES string of the molecule is OC1(c2cccc3cccc(-c4ccc(-c5ccccc5)cc4)c23)c2ccccc2-c2ccc(Br)cc21. The Bertz CT molecular complexity index is 1780. The predicted molar refractivity (Wildman–Crippen MR) is 156 cm³/mol. The summed E-state index contributed by atoms with van der Waals surface area (Å²) in [5.74, 6) is 0. The third kappa shape index (κ3) is 3.41. The van der Waals surface area contributed by atoms with Crippen molar-refractivity contribution in [1.82, 2.24) is 0 Å². The van der Waals surface area contributed by atoms with Gasteiger partial charge in [0, 0.05) is 21.2 Å². The van der Waals surface area contributed by atoms with Crippen LogP contribution in [0.4, 0.5) is 0 Å². The van der Waals surface area contributed by atoms with Crippen LogP contribution in [0.1, 0.15) is 16.7 Å². The van der Waals surface area contributed by atoms with Gasteiger partial charge in [0.1, 0.15) is 5.60 Å². The Morgan fingerprint density at radius 2 is 1.05 bits per heavy atom. The first-order chi connectivity index (χ1) is 18.1. The van der Waals surface area contributed by atoms with Gasteiger partial charge in [-0.1, -0.05) is 137 Å². The number of rotatable bonds is 3. The molecule has 1 atom stereocenters. The Balaban J connectivity index is 1.48. The van der Waals surface area contributed by atoms with E-state index in [1.807, 2.05) is 24.3 Å². The van der Waals surface area contributed by atoms with E-state index in [0.717, 1.165) is 54.2 Å². The summed E-state index contributed by atoms with van der Waals surface area (Å²) in [7, 11) is 0. The second kappa shape index (κ2) is 8.55. The lowest BCUT2D eigenvalue weighted by molar-refractivity contribution is 0.132. The highest BCUT2D eigenvalue weighted by Gasteiger charge is 2.44. The molecule has 1 N–H and O–H groups in total. The van der Waals surface area contributed by atoms with Crippen molar-refractivity contribution >= 4 is 26.7 Å². The zero-order valence-electron chi connectivity index (χ0n) is 20.0. The van der Waals surface area contributed by atoms with Crippen molar-refractivity contribution in [3.8, 4) is 33.4 Å². The summed E-state index contributed by atoms with van der Waals surface area (Å²) in [6, 6.07) is 46.2. The van der Waals surface area contributed by atoms with Crippen molar-refractivity contribution in [3.05, 3.63) is 155 Å². The summed E-state index contributed by atoms with van der Waals surface area (Å²) in [6.07, 6.45) is 0. The van der Waals surface area contributed by atoms with E-state index in [1.54, 1.807) is 0 Å². The monoisotopic (exact) mass is 538 g/mol. The molecule has 0 amide bonds. The third-order valence-corrected chi connectivity index (χ3v) is 8.07. The molecule has 0 bridgehead atoms. The second-order valence-corrected chi connectivity index (χ2v) is 10.5. The van der Waals surface area contributed by atoms with E-state index in [-0.39, 0.29) is 0 Å². The number of hydrogen-bond acceptors (Lipinski definition) is 1. The molecule has 37 heavy (non-hydrogen) atoms. The molecule has 0 heterocycles. The molecule has 6 aromatic rings. The van der Waals surface area contributed by atoms with Gasteiger partial charge in [0.25, 0.3) is 0 Å². The molecule has 0 spiro atoms. The van der Waals surface area contributed by atoms with Gasteiger partial charge in [-0.3, -0.25) is 0 Å². The third-order valence-electron chi connectivity index (χ3n) is 7.58. The van der Waals surface area contributed by atoms with Gasteiger partial charge in [0.2, 0.25) is 0 Å². The Hall–Kier alpha value is -3.98. The maximum atomic E-state index is 12.7. The number of halogens is 1. The van der Waals surface area contributed by atoms with Crippen molar-refractivity contribution in [1.29, 1.82) is 0 Å². The highest BCUT2D eigenvalue weighted by molar-refractivity contribution is 9.10. The lowest BCUT2D eigenvalue weighted by Crippen LogP contribution is -2.26. The Kier molecular flexibility index (Phi) is 5.14. The van der Waals surface area contributed by atoms with Crippen molar-refractivity contribution in [3.63, 3.8) is 0 Å². The predicted octanol–water partition coefficient (Wildman–Crippen LogP) is 9.20. The maximum Gasteiger partial charge on any atom is 0.142 e. The molecule has 1 aliphatic rings. The van der Waals surface area contributed by atoms with Gasteiger partial charge in [-0.15, -0.1) is 0 Å². The van der Waals surface area contributed by atoms with Crippen LogP contribution in [0.25, 0.3) is 44.2 Å². The molecule has 0 aromatic heterocycles. The van der Waals surface area contributed by atoms with Gasteiger partial charge < -0.3 is 5.11 Å². The topological polar surface area (TPSA) is 20.2 Å². The standard InChI is InChI=1S/C35H23BrO/c36-27-20-21-30-29-12-4-5-14-31(29)35(37,33(30)22-27)32-15-7-11-26-10-6-13-28(34(26)32)25-18-16-24(17-19-25)23-8-2-1-3-9-23/h1-22,37H. The normalized spacial score (nSPS) is 15.9. The van der Waals surface area contributed by atoms with Crippen molar-refractivity contribution in [2.45, 2.75) is 5.60 Å². The molecule has 0 saturated heterocycles. The minimum atomic E-state index is -1.27. The van der Waals surface area contributed by atoms with Gasteiger partial charge in [-0.2, -0.15) is 0 Å². The van der Waals surface area contributed by atoms with Gasteiger partial charge >= 0.3 is 0 Å². The summed E-state index contributed by atoms with van der Waals surface area (Å²) >= 11 is 3.65. The molecule has 0 aliphatic heterocycles. The number of aliphatic hydroxyl groups is 1. The molecule has 0 saturated carbocycles. The van der Waals surface area contributed by atoms with Crippen LogP contribution in [0.2, 0.25) is 0 Å². The number of fused-ring (bicyclic) bond motifs is 4. The molecular weight excluding hydrogens is 516 g/mol. The highest BCUT2D eigenvalue weighted by atomic mass is 79.9. The molecule has 7 rings (SSSR count). The molecular formula is C35H23BrO. The molecule has 176 valence electrons. The Morgan fingerprint density at radius 3 is 1.86 bits per heavy atom. The van der Waals surface area contributed by atoms with E-state index in [1.165, 1.54) is 11.1 Å². The molecule has 1 nitrogen and oxygen atoms in total. The fourth-order valence-corrected chi connectivity index (χ4v) is 6.24. The van der Waals surface area contributed by atoms with Crippen LogP contribution in [-0.2, 0) is 5.60 Å². The van der Waals surface area contributed by atoms with E-state index < -0.39 is 5.60 Å². The first kappa shape index (κ1) is 22.2. The average Bonchev–Trinajstić information content (AvgIpc) is 3.21. The first-order valence-corrected chi connectivity index (χ1v) is 13.2. The summed E-state index contributed by atoms with van der Waals surface area (Å²) in [6.45, 7) is 0. The van der Waals surface area contributed by atoms with Crippen LogP contribution >= 0.6 is 15.9 Å². The number of hydrogen-bond donors (Lipinski definition) is 1. The van der Waals surface area contributed by atoms with E-state index in [2.05, 4.69) is 125 Å². The zero-order valence-corrected chi connectivity index (χ0v) is 21.6. The lowest BCUT2D eigenvalue weighted by atomic mass is 9.80. The van der Waals surface area contributed by atoms with Gasteiger partial charge in [0.15, 0.2) is 0 Å². The lowest BCUT2D eigenvalue weighted by Gasteiger charge is -2.29. The van der Waals surface area contributed by atoms with Crippen LogP contribution in [0.5, 0.6) is 0 Å². The van der Waals surface area contributed by atoms with E-state index in [4.69, 9.17) is 0 Å². The van der Waals surface area contributed by atoms with Crippen LogP contribution in [0.3, 0.4) is 0 Å². The van der Waals surface area contributed by atoms with Gasteiger partial charge in [0.05, 0.1) is 0 Å². The molecule has 1 unspecified atom stereocenters. The van der Waals surface area contributed by atoms with E-state index in [9.17, 15) is 5.11 Å². The quantitative estimate of drug-likeness (QED) is 0.238. The van der Waals surface area contributed by atoms with Crippen LogP contribution < -0.4 is 0 Å². The summed E-state index contributed by atoms with van der Waals surface area (Å²) in [4.78, 5) is 0. The van der Waals surface area contributed by atoms with Crippen molar-refractivity contribution < 1.29 is 5.11 Å². The maximum absolute atomic E-state index is 12.7. The summed E-state index contributed by atoms with van der Waals surface area (Å²) < 4.78 is 0.953. The summed E-state index contributed by atoms with van der Waals surface area (Å²) in [5.41, 5.74) is 8.24. The minimum Gasteiger partial charge on any atom is -0.376 e. The molecule has 2 heteroatoms. The Labute approximate surface area is 224 Å². The molecule has 0 radical (unpaired) electrons. The van der Waals surface area contributed by atoms with Crippen LogP contribution in [0, 0.1) is 0 Å². The zero-order chi connectivity index (χ0) is 25.0. The highest BCUT2D eigenvalue weighted by Crippen LogP contribution is 2.53. The first-order valence-electron chi connectivity index (χ1n) is 12.4. The Morgan fingerprint density at radius 1 is 0.459 bits per heavy atom. The molecule has 6 aromatic carbocycles.